The number of oxime groups is 1. The average Bonchev–Trinajstić information content (AvgIpc) is 2.38. The molecule has 0 radical (unpaired) electrons. The molecule has 2 N–H and O–H groups in total. The number of esters is 1. The Bertz CT molecular complexity index is 499. The molecule has 0 aliphatic carbocycles. The zero-order valence-corrected chi connectivity index (χ0v) is 10.6. The number of ether oxygens (including phenoxy) is 2. The molecule has 0 amide bonds. The quantitative estimate of drug-likeness (QED) is 0.280. The average molecular weight is 266 g/mol. The van der Waals surface area contributed by atoms with Crippen LogP contribution in [0.3, 0.4) is 0 Å². The molecule has 1 rings (SSSR count). The Balaban J connectivity index is 2.66. The van der Waals surface area contributed by atoms with Crippen LogP contribution < -0.4 is 10.5 Å². The van der Waals surface area contributed by atoms with Crippen LogP contribution in [0.2, 0.25) is 0 Å². The maximum absolute atomic E-state index is 11.6. The number of nitrogens with zero attached hydrogens (tertiary/aromatic N) is 1. The first-order valence-corrected chi connectivity index (χ1v) is 5.43. The summed E-state index contributed by atoms with van der Waals surface area (Å²) in [7, 11) is 1.48. The van der Waals surface area contributed by atoms with Crippen LogP contribution in [0.15, 0.2) is 23.4 Å². The molecule has 0 aliphatic heterocycles. The van der Waals surface area contributed by atoms with Crippen LogP contribution in [0.4, 0.5) is 5.69 Å². The first-order chi connectivity index (χ1) is 9.08. The molecule has 0 bridgehead atoms. The SMILES string of the molecule is CCOC(=O)/C=N/OC(=O)c1ccc(OC)cc1N. The highest BCUT2D eigenvalue weighted by molar-refractivity contribution is 6.23. The zero-order chi connectivity index (χ0) is 14.3. The van der Waals surface area contributed by atoms with Gasteiger partial charge in [-0.05, 0) is 19.1 Å². The van der Waals surface area contributed by atoms with Gasteiger partial charge in [-0.1, -0.05) is 5.16 Å². The van der Waals surface area contributed by atoms with Gasteiger partial charge < -0.3 is 20.0 Å². The Morgan fingerprint density at radius 1 is 1.42 bits per heavy atom. The predicted molar refractivity (Wildman–Crippen MR) is 67.9 cm³/mol. The van der Waals surface area contributed by atoms with Crippen molar-refractivity contribution in [3.8, 4) is 5.75 Å². The normalized spacial score (nSPS) is 10.2. The standard InChI is InChI=1S/C12H14N2O5/c1-3-18-11(15)7-14-19-12(16)9-5-4-8(17-2)6-10(9)13/h4-7H,3,13H2,1-2H3/b14-7+. The van der Waals surface area contributed by atoms with E-state index in [9.17, 15) is 9.59 Å². The van der Waals surface area contributed by atoms with E-state index in [0.717, 1.165) is 6.21 Å². The lowest BCUT2D eigenvalue weighted by molar-refractivity contribution is -0.134. The first kappa shape index (κ1) is 14.5. The molecule has 0 atom stereocenters. The van der Waals surface area contributed by atoms with Crippen molar-refractivity contribution in [1.82, 2.24) is 0 Å². The number of hydrogen-bond acceptors (Lipinski definition) is 7. The van der Waals surface area contributed by atoms with Crippen molar-refractivity contribution in [1.29, 1.82) is 0 Å². The van der Waals surface area contributed by atoms with Gasteiger partial charge in [0, 0.05) is 11.8 Å². The molecule has 0 spiro atoms. The van der Waals surface area contributed by atoms with Gasteiger partial charge in [-0.25, -0.2) is 9.59 Å². The van der Waals surface area contributed by atoms with Crippen molar-refractivity contribution >= 4 is 23.8 Å². The Morgan fingerprint density at radius 3 is 2.74 bits per heavy atom. The minimum absolute atomic E-state index is 0.127. The summed E-state index contributed by atoms with van der Waals surface area (Å²) in [5.41, 5.74) is 5.97. The molecule has 0 heterocycles. The maximum Gasteiger partial charge on any atom is 0.367 e. The van der Waals surface area contributed by atoms with Crippen molar-refractivity contribution < 1.29 is 23.9 Å². The van der Waals surface area contributed by atoms with Gasteiger partial charge in [-0.3, -0.25) is 0 Å². The van der Waals surface area contributed by atoms with Crippen molar-refractivity contribution in [2.75, 3.05) is 19.5 Å². The number of hydrogen-bond donors (Lipinski definition) is 1. The molecule has 0 saturated heterocycles. The van der Waals surface area contributed by atoms with Crippen molar-refractivity contribution in [3.63, 3.8) is 0 Å². The molecule has 0 aromatic heterocycles. The number of nitrogen functional groups attached to an aromatic ring is 1. The molecule has 1 aromatic carbocycles. The van der Waals surface area contributed by atoms with Crippen LogP contribution in [0, 0.1) is 0 Å². The highest BCUT2D eigenvalue weighted by Crippen LogP contribution is 2.20. The molecule has 0 unspecified atom stereocenters. The third-order valence-corrected chi connectivity index (χ3v) is 2.06. The van der Waals surface area contributed by atoms with Crippen molar-refractivity contribution in [2.45, 2.75) is 6.92 Å². The summed E-state index contributed by atoms with van der Waals surface area (Å²) in [6.45, 7) is 1.86. The number of carbonyl (C=O) groups excluding carboxylic acids is 2. The van der Waals surface area contributed by atoms with Gasteiger partial charge in [-0.2, -0.15) is 0 Å². The highest BCUT2D eigenvalue weighted by atomic mass is 16.7. The summed E-state index contributed by atoms with van der Waals surface area (Å²) in [4.78, 5) is 27.0. The van der Waals surface area contributed by atoms with Gasteiger partial charge in [0.1, 0.15) is 5.75 Å². The Kier molecular flexibility index (Phi) is 5.34. The lowest BCUT2D eigenvalue weighted by Gasteiger charge is -2.05. The molecule has 19 heavy (non-hydrogen) atoms. The fraction of sp³-hybridized carbons (Fsp3) is 0.250. The summed E-state index contributed by atoms with van der Waals surface area (Å²) in [6.07, 6.45) is 0.765. The molecular formula is C12H14N2O5. The van der Waals surface area contributed by atoms with Crippen molar-refractivity contribution in [3.05, 3.63) is 23.8 Å². The second-order valence-corrected chi connectivity index (χ2v) is 3.32. The largest absolute Gasteiger partial charge is 0.497 e. The number of benzene rings is 1. The van der Waals surface area contributed by atoms with Crippen molar-refractivity contribution in [2.24, 2.45) is 5.16 Å². The second-order valence-electron chi connectivity index (χ2n) is 3.32. The van der Waals surface area contributed by atoms with Gasteiger partial charge in [0.15, 0.2) is 6.21 Å². The molecule has 0 saturated carbocycles. The lowest BCUT2D eigenvalue weighted by Crippen LogP contribution is -2.08. The topological polar surface area (TPSA) is 100 Å². The summed E-state index contributed by atoms with van der Waals surface area (Å²) < 4.78 is 9.51. The summed E-state index contributed by atoms with van der Waals surface area (Å²) in [6, 6.07) is 4.48. The zero-order valence-electron chi connectivity index (χ0n) is 10.6. The molecule has 0 fully saturated rings. The van der Waals surface area contributed by atoms with Gasteiger partial charge in [0.2, 0.25) is 0 Å². The summed E-state index contributed by atoms with van der Waals surface area (Å²) in [5.74, 6) is -0.956. The second kappa shape index (κ2) is 7.00. The fourth-order valence-corrected chi connectivity index (χ4v) is 1.20. The number of nitrogens with two attached hydrogens (primary N) is 1. The van der Waals surface area contributed by atoms with E-state index in [1.165, 1.54) is 19.2 Å². The molecule has 0 aliphatic rings. The van der Waals surface area contributed by atoms with Gasteiger partial charge in [0.25, 0.3) is 0 Å². The Morgan fingerprint density at radius 2 is 2.16 bits per heavy atom. The van der Waals surface area contributed by atoms with Crippen LogP contribution in [-0.4, -0.2) is 31.9 Å². The van der Waals surface area contributed by atoms with Crippen LogP contribution in [0.1, 0.15) is 17.3 Å². The first-order valence-electron chi connectivity index (χ1n) is 5.43. The number of carbonyl (C=O) groups is 2. The number of methoxy groups -OCH3 is 1. The van der Waals surface area contributed by atoms with Crippen LogP contribution in [0.25, 0.3) is 0 Å². The van der Waals surface area contributed by atoms with Crippen LogP contribution in [-0.2, 0) is 14.4 Å². The Hall–Kier alpha value is -2.57. The molecular weight excluding hydrogens is 252 g/mol. The van der Waals surface area contributed by atoms with Crippen LogP contribution in [0.5, 0.6) is 5.75 Å². The van der Waals surface area contributed by atoms with Gasteiger partial charge in [0.05, 0.1) is 19.3 Å². The lowest BCUT2D eigenvalue weighted by atomic mass is 10.2. The predicted octanol–water partition coefficient (Wildman–Crippen LogP) is 0.983. The fourth-order valence-electron chi connectivity index (χ4n) is 1.20. The Labute approximate surface area is 109 Å². The van der Waals surface area contributed by atoms with E-state index in [1.807, 2.05) is 0 Å². The molecule has 7 heteroatoms. The smallest absolute Gasteiger partial charge is 0.367 e. The summed E-state index contributed by atoms with van der Waals surface area (Å²) in [5, 5.41) is 3.21. The van der Waals surface area contributed by atoms with Crippen LogP contribution >= 0.6 is 0 Å². The van der Waals surface area contributed by atoms with Gasteiger partial charge in [-0.15, -0.1) is 0 Å². The molecule has 1 aromatic rings. The summed E-state index contributed by atoms with van der Waals surface area (Å²) >= 11 is 0. The van der Waals surface area contributed by atoms with Gasteiger partial charge >= 0.3 is 11.9 Å². The third kappa shape index (κ3) is 4.30. The monoisotopic (exact) mass is 266 g/mol. The maximum atomic E-state index is 11.6. The van der Waals surface area contributed by atoms with E-state index in [2.05, 4.69) is 14.7 Å². The highest BCUT2D eigenvalue weighted by Gasteiger charge is 2.12. The van der Waals surface area contributed by atoms with E-state index in [-0.39, 0.29) is 17.9 Å². The molecule has 7 nitrogen and oxygen atoms in total. The van der Waals surface area contributed by atoms with E-state index < -0.39 is 11.9 Å². The van der Waals surface area contributed by atoms with E-state index in [4.69, 9.17) is 10.5 Å². The minimum Gasteiger partial charge on any atom is -0.497 e. The number of anilines is 1. The van der Waals surface area contributed by atoms with E-state index in [1.54, 1.807) is 13.0 Å². The van der Waals surface area contributed by atoms with E-state index >= 15 is 0 Å². The molecule has 102 valence electrons. The third-order valence-electron chi connectivity index (χ3n) is 2.06. The minimum atomic E-state index is -0.777. The van der Waals surface area contributed by atoms with E-state index in [0.29, 0.717) is 5.75 Å². The number of rotatable bonds is 5.